The maximum atomic E-state index is 11.4. The minimum atomic E-state index is -0.626. The topological polar surface area (TPSA) is 87.3 Å². The Bertz CT molecular complexity index is 269. The molecule has 0 rings (SSSR count). The Kier molecular flexibility index (Phi) is 11.8. The van der Waals surface area contributed by atoms with Gasteiger partial charge >= 0.3 is 12.5 Å². The SMILES string of the molecule is CCCCCCC(N[C]=O)NC(=O)OCC=CC[O]. The molecule has 0 aliphatic carbocycles. The summed E-state index contributed by atoms with van der Waals surface area (Å²) < 4.78 is 4.80. The second-order valence-electron chi connectivity index (χ2n) is 4.03. The fourth-order valence-electron chi connectivity index (χ4n) is 1.47. The van der Waals surface area contributed by atoms with Gasteiger partial charge in [0, 0.05) is 0 Å². The van der Waals surface area contributed by atoms with E-state index in [9.17, 15) is 14.7 Å². The molecule has 0 saturated carbocycles. The predicted molar refractivity (Wildman–Crippen MR) is 70.6 cm³/mol. The van der Waals surface area contributed by atoms with Gasteiger partial charge in [0.2, 0.25) is 0 Å². The molecule has 2 N–H and O–H groups in total. The Morgan fingerprint density at radius 3 is 2.74 bits per heavy atom. The van der Waals surface area contributed by atoms with Crippen LogP contribution in [0.2, 0.25) is 0 Å². The van der Waals surface area contributed by atoms with Crippen molar-refractivity contribution < 1.29 is 19.4 Å². The van der Waals surface area contributed by atoms with Crippen LogP contribution in [0, 0.1) is 0 Å². The van der Waals surface area contributed by atoms with Crippen LogP contribution in [-0.2, 0) is 14.6 Å². The second-order valence-corrected chi connectivity index (χ2v) is 4.03. The molecule has 2 amide bonds. The van der Waals surface area contributed by atoms with Crippen LogP contribution in [0.3, 0.4) is 0 Å². The molecule has 0 saturated heterocycles. The van der Waals surface area contributed by atoms with Gasteiger partial charge in [0.15, 0.2) is 0 Å². The molecule has 19 heavy (non-hydrogen) atoms. The summed E-state index contributed by atoms with van der Waals surface area (Å²) in [5.74, 6) is 0. The summed E-state index contributed by atoms with van der Waals surface area (Å²) in [6, 6.07) is 0. The van der Waals surface area contributed by atoms with Crippen LogP contribution >= 0.6 is 0 Å². The molecule has 6 nitrogen and oxygen atoms in total. The Morgan fingerprint density at radius 2 is 2.11 bits per heavy atom. The minimum absolute atomic E-state index is 0.0431. The predicted octanol–water partition coefficient (Wildman–Crippen LogP) is 1.65. The van der Waals surface area contributed by atoms with Gasteiger partial charge in [-0.05, 0) is 18.9 Å². The normalized spacial score (nSPS) is 12.1. The number of ether oxygens (including phenoxy) is 1. The van der Waals surface area contributed by atoms with E-state index in [-0.39, 0.29) is 13.2 Å². The lowest BCUT2D eigenvalue weighted by atomic mass is 10.1. The highest BCUT2D eigenvalue weighted by Gasteiger charge is 2.11. The molecule has 0 bridgehead atoms. The van der Waals surface area contributed by atoms with Crippen LogP contribution in [0.25, 0.3) is 0 Å². The van der Waals surface area contributed by atoms with Gasteiger partial charge in [-0.15, -0.1) is 0 Å². The van der Waals surface area contributed by atoms with Crippen molar-refractivity contribution in [3.63, 3.8) is 0 Å². The summed E-state index contributed by atoms with van der Waals surface area (Å²) in [5.41, 5.74) is 0. The summed E-state index contributed by atoms with van der Waals surface area (Å²) in [4.78, 5) is 21.7. The number of carbonyl (C=O) groups excluding carboxylic acids is 2. The number of rotatable bonds is 11. The van der Waals surface area contributed by atoms with Crippen LogP contribution in [0.1, 0.15) is 39.0 Å². The van der Waals surface area contributed by atoms with E-state index in [0.29, 0.717) is 6.42 Å². The summed E-state index contributed by atoms with van der Waals surface area (Å²) in [6.07, 6.45) is 8.16. The first kappa shape index (κ1) is 17.4. The molecule has 0 fully saturated rings. The van der Waals surface area contributed by atoms with Crippen LogP contribution < -0.4 is 10.6 Å². The van der Waals surface area contributed by atoms with Gasteiger partial charge in [0.25, 0.3) is 0 Å². The first-order chi connectivity index (χ1) is 9.24. The fourth-order valence-corrected chi connectivity index (χ4v) is 1.47. The van der Waals surface area contributed by atoms with E-state index in [1.54, 1.807) is 6.41 Å². The second kappa shape index (κ2) is 12.9. The fraction of sp³-hybridized carbons (Fsp3) is 0.692. The average Bonchev–Trinajstić information content (AvgIpc) is 2.40. The number of alkyl carbamates (subject to hydrolysis) is 1. The lowest BCUT2D eigenvalue weighted by Gasteiger charge is -2.16. The molecule has 6 heteroatoms. The third-order valence-corrected chi connectivity index (χ3v) is 2.45. The number of hydrogen-bond donors (Lipinski definition) is 2. The van der Waals surface area contributed by atoms with E-state index in [0.717, 1.165) is 25.7 Å². The van der Waals surface area contributed by atoms with Crippen molar-refractivity contribution in [1.29, 1.82) is 0 Å². The summed E-state index contributed by atoms with van der Waals surface area (Å²) in [7, 11) is 0. The van der Waals surface area contributed by atoms with Gasteiger partial charge in [0.05, 0.1) is 0 Å². The van der Waals surface area contributed by atoms with Crippen molar-refractivity contribution in [3.05, 3.63) is 12.2 Å². The third kappa shape index (κ3) is 11.3. The molecule has 0 aromatic rings. The minimum Gasteiger partial charge on any atom is -0.445 e. The van der Waals surface area contributed by atoms with Gasteiger partial charge in [0.1, 0.15) is 19.4 Å². The van der Waals surface area contributed by atoms with Gasteiger partial charge in [-0.2, -0.15) is 0 Å². The highest BCUT2D eigenvalue weighted by Crippen LogP contribution is 2.04. The lowest BCUT2D eigenvalue weighted by Crippen LogP contribution is -2.45. The summed E-state index contributed by atoms with van der Waals surface area (Å²) in [6.45, 7) is 1.81. The first-order valence-electron chi connectivity index (χ1n) is 6.53. The largest absolute Gasteiger partial charge is 0.445 e. The van der Waals surface area contributed by atoms with E-state index in [2.05, 4.69) is 17.6 Å². The summed E-state index contributed by atoms with van der Waals surface area (Å²) >= 11 is 0. The zero-order valence-electron chi connectivity index (χ0n) is 11.3. The maximum Gasteiger partial charge on any atom is 0.409 e. The number of unbranched alkanes of at least 4 members (excludes halogenated alkanes) is 3. The average molecular weight is 270 g/mol. The monoisotopic (exact) mass is 270 g/mol. The van der Waals surface area contributed by atoms with E-state index < -0.39 is 12.3 Å². The molecule has 1 atom stereocenters. The number of carbonyl (C=O) groups is 1. The molecule has 0 heterocycles. The van der Waals surface area contributed by atoms with E-state index in [1.165, 1.54) is 12.2 Å². The maximum absolute atomic E-state index is 11.4. The van der Waals surface area contributed by atoms with Crippen molar-refractivity contribution in [1.82, 2.24) is 10.6 Å². The Balaban J connectivity index is 3.86. The molecule has 0 aliphatic rings. The van der Waals surface area contributed by atoms with Gasteiger partial charge < -0.3 is 15.4 Å². The number of hydrogen-bond acceptors (Lipinski definition) is 3. The molecule has 2 radical (unpaired) electrons. The van der Waals surface area contributed by atoms with Crippen molar-refractivity contribution in [2.45, 2.75) is 45.2 Å². The number of nitrogens with one attached hydrogen (secondary N) is 2. The number of amides is 2. The van der Waals surface area contributed by atoms with Crippen molar-refractivity contribution >= 4 is 12.5 Å². The van der Waals surface area contributed by atoms with Crippen LogP contribution in [0.5, 0.6) is 0 Å². The van der Waals surface area contributed by atoms with Gasteiger partial charge in [-0.3, -0.25) is 4.79 Å². The van der Waals surface area contributed by atoms with Crippen molar-refractivity contribution in [3.8, 4) is 0 Å². The third-order valence-electron chi connectivity index (χ3n) is 2.45. The van der Waals surface area contributed by atoms with Crippen molar-refractivity contribution in [2.24, 2.45) is 0 Å². The molecular weight excluding hydrogens is 248 g/mol. The highest BCUT2D eigenvalue weighted by atomic mass is 16.5. The van der Waals surface area contributed by atoms with Gasteiger partial charge in [-0.1, -0.05) is 32.3 Å². The summed E-state index contributed by atoms with van der Waals surface area (Å²) in [5, 5.41) is 15.0. The first-order valence-corrected chi connectivity index (χ1v) is 6.53. The van der Waals surface area contributed by atoms with E-state index in [1.807, 2.05) is 0 Å². The molecule has 1 unspecified atom stereocenters. The zero-order valence-corrected chi connectivity index (χ0v) is 11.3. The molecule has 0 spiro atoms. The van der Waals surface area contributed by atoms with Crippen LogP contribution in [0.4, 0.5) is 4.79 Å². The zero-order chi connectivity index (χ0) is 14.3. The quantitative estimate of drug-likeness (QED) is 0.259. The smallest absolute Gasteiger partial charge is 0.409 e. The molecule has 0 aromatic heterocycles. The molecular formula is C13H22N2O4. The lowest BCUT2D eigenvalue weighted by molar-refractivity contribution is 0.151. The van der Waals surface area contributed by atoms with Gasteiger partial charge in [-0.25, -0.2) is 9.90 Å². The Morgan fingerprint density at radius 1 is 1.32 bits per heavy atom. The van der Waals surface area contributed by atoms with Crippen molar-refractivity contribution in [2.75, 3.05) is 13.2 Å². The molecule has 0 aromatic carbocycles. The van der Waals surface area contributed by atoms with Crippen LogP contribution in [-0.4, -0.2) is 31.9 Å². The molecule has 0 aliphatic heterocycles. The van der Waals surface area contributed by atoms with Crippen LogP contribution in [0.15, 0.2) is 12.2 Å². The highest BCUT2D eigenvalue weighted by molar-refractivity contribution is 5.68. The van der Waals surface area contributed by atoms with E-state index >= 15 is 0 Å². The standard InChI is InChI=1S/C13H22N2O4/c1-2-3-4-5-8-12(14-11-17)15-13(18)19-10-7-6-9-16/h6-7,12H,2-5,8-10H2,1H3,(H,14,17)(H,15,18). The van der Waals surface area contributed by atoms with E-state index in [4.69, 9.17) is 4.74 Å². The molecule has 108 valence electrons. The Labute approximate surface area is 114 Å². The Hall–Kier alpha value is -1.56.